The predicted octanol–water partition coefficient (Wildman–Crippen LogP) is 0.186. The molecule has 0 aliphatic carbocycles. The largest absolute Gasteiger partial charge is 0.368 e. The highest BCUT2D eigenvalue weighted by Gasteiger charge is 2.21. The second kappa shape index (κ2) is 3.18. The Hall–Kier alpha value is -1.35. The maximum absolute atomic E-state index is 10.9. The van der Waals surface area contributed by atoms with Gasteiger partial charge in [0.2, 0.25) is 5.91 Å². The van der Waals surface area contributed by atoms with Gasteiger partial charge in [-0.15, -0.1) is 0 Å². The lowest BCUT2D eigenvalue weighted by atomic mass is 9.96. The molecule has 0 saturated carbocycles. The molecule has 0 unspecified atom stereocenters. The van der Waals surface area contributed by atoms with Crippen molar-refractivity contribution in [2.75, 3.05) is 0 Å². The van der Waals surface area contributed by atoms with Crippen molar-refractivity contribution in [3.05, 3.63) is 35.4 Å². The molecule has 0 saturated heterocycles. The van der Waals surface area contributed by atoms with Gasteiger partial charge in [-0.2, -0.15) is 0 Å². The minimum atomic E-state index is -0.269. The molecule has 1 atom stereocenters. The Morgan fingerprint density at radius 3 is 2.77 bits per heavy atom. The van der Waals surface area contributed by atoms with Crippen LogP contribution in [-0.2, 0) is 17.8 Å². The number of primary amides is 1. The third kappa shape index (κ3) is 1.55. The summed E-state index contributed by atoms with van der Waals surface area (Å²) in [7, 11) is 0. The van der Waals surface area contributed by atoms with E-state index in [-0.39, 0.29) is 11.9 Å². The molecule has 0 aromatic heterocycles. The van der Waals surface area contributed by atoms with Crippen molar-refractivity contribution in [1.29, 1.82) is 0 Å². The summed E-state index contributed by atoms with van der Waals surface area (Å²) in [6, 6.07) is 7.91. The Kier molecular flexibility index (Phi) is 2.02. The number of nitrogens with one attached hydrogen (secondary N) is 1. The van der Waals surface area contributed by atoms with Crippen LogP contribution in [0.5, 0.6) is 0 Å². The second-order valence-corrected chi connectivity index (χ2v) is 3.31. The molecule has 0 fully saturated rings. The van der Waals surface area contributed by atoms with Crippen molar-refractivity contribution in [3.63, 3.8) is 0 Å². The minimum Gasteiger partial charge on any atom is -0.368 e. The Morgan fingerprint density at radius 2 is 2.08 bits per heavy atom. The normalized spacial score (nSPS) is 20.8. The van der Waals surface area contributed by atoms with Crippen LogP contribution in [0.3, 0.4) is 0 Å². The SMILES string of the molecule is NC(=O)[C@H]1Cc2ccccc2CN1. The number of carbonyl (C=O) groups excluding carboxylic acids is 1. The van der Waals surface area contributed by atoms with Crippen LogP contribution in [0, 0.1) is 0 Å². The van der Waals surface area contributed by atoms with Gasteiger partial charge >= 0.3 is 0 Å². The van der Waals surface area contributed by atoms with Gasteiger partial charge in [-0.25, -0.2) is 0 Å². The van der Waals surface area contributed by atoms with Crippen molar-refractivity contribution in [3.8, 4) is 0 Å². The number of fused-ring (bicyclic) bond motifs is 1. The fourth-order valence-electron chi connectivity index (χ4n) is 1.66. The van der Waals surface area contributed by atoms with Crippen molar-refractivity contribution >= 4 is 5.91 Å². The molecule has 1 aliphatic rings. The van der Waals surface area contributed by atoms with Crippen LogP contribution >= 0.6 is 0 Å². The second-order valence-electron chi connectivity index (χ2n) is 3.31. The lowest BCUT2D eigenvalue weighted by molar-refractivity contribution is -0.120. The number of nitrogens with two attached hydrogens (primary N) is 1. The molecule has 13 heavy (non-hydrogen) atoms. The number of hydrogen-bond donors (Lipinski definition) is 2. The van der Waals surface area contributed by atoms with Gasteiger partial charge in [-0.1, -0.05) is 24.3 Å². The zero-order valence-corrected chi connectivity index (χ0v) is 7.29. The van der Waals surface area contributed by atoms with Crippen molar-refractivity contribution < 1.29 is 4.79 Å². The fraction of sp³-hybridized carbons (Fsp3) is 0.300. The number of amides is 1. The highest BCUT2D eigenvalue weighted by Crippen LogP contribution is 2.15. The van der Waals surface area contributed by atoms with E-state index in [1.165, 1.54) is 11.1 Å². The van der Waals surface area contributed by atoms with E-state index in [1.807, 2.05) is 18.2 Å². The zero-order valence-electron chi connectivity index (χ0n) is 7.29. The summed E-state index contributed by atoms with van der Waals surface area (Å²) in [5.41, 5.74) is 7.71. The van der Waals surface area contributed by atoms with Crippen molar-refractivity contribution in [2.45, 2.75) is 19.0 Å². The number of benzene rings is 1. The van der Waals surface area contributed by atoms with E-state index in [4.69, 9.17) is 5.73 Å². The van der Waals surface area contributed by atoms with E-state index in [1.54, 1.807) is 0 Å². The first-order chi connectivity index (χ1) is 6.27. The van der Waals surface area contributed by atoms with Crippen LogP contribution in [0.4, 0.5) is 0 Å². The maximum Gasteiger partial charge on any atom is 0.234 e. The molecular weight excluding hydrogens is 164 g/mol. The van der Waals surface area contributed by atoms with E-state index in [0.717, 1.165) is 6.54 Å². The van der Waals surface area contributed by atoms with E-state index >= 15 is 0 Å². The van der Waals surface area contributed by atoms with Crippen LogP contribution < -0.4 is 11.1 Å². The van der Waals surface area contributed by atoms with Gasteiger partial charge in [-0.3, -0.25) is 4.79 Å². The van der Waals surface area contributed by atoms with Crippen LogP contribution in [-0.4, -0.2) is 11.9 Å². The van der Waals surface area contributed by atoms with E-state index in [2.05, 4.69) is 11.4 Å². The summed E-state index contributed by atoms with van der Waals surface area (Å²) in [4.78, 5) is 10.9. The average Bonchev–Trinajstić information content (AvgIpc) is 2.17. The van der Waals surface area contributed by atoms with Gasteiger partial charge in [0.1, 0.15) is 0 Å². The summed E-state index contributed by atoms with van der Waals surface area (Å²) < 4.78 is 0. The third-order valence-electron chi connectivity index (χ3n) is 2.42. The molecule has 3 heteroatoms. The third-order valence-corrected chi connectivity index (χ3v) is 2.42. The van der Waals surface area contributed by atoms with Crippen LogP contribution in [0.15, 0.2) is 24.3 Å². The molecule has 1 amide bonds. The summed E-state index contributed by atoms with van der Waals surface area (Å²) in [5.74, 6) is -0.269. The molecule has 3 nitrogen and oxygen atoms in total. The van der Waals surface area contributed by atoms with Gasteiger partial charge < -0.3 is 11.1 Å². The van der Waals surface area contributed by atoms with Gasteiger partial charge in [0.25, 0.3) is 0 Å². The number of carbonyl (C=O) groups is 1. The standard InChI is InChI=1S/C10H12N2O/c11-10(13)9-5-7-3-1-2-4-8(7)6-12-9/h1-4,9,12H,5-6H2,(H2,11,13)/t9-/m1/s1. The molecule has 0 spiro atoms. The lowest BCUT2D eigenvalue weighted by Crippen LogP contribution is -2.45. The first kappa shape index (κ1) is 8.26. The van der Waals surface area contributed by atoms with Crippen molar-refractivity contribution in [1.82, 2.24) is 5.32 Å². The van der Waals surface area contributed by atoms with Gasteiger partial charge in [0, 0.05) is 6.54 Å². The molecular formula is C10H12N2O. The van der Waals surface area contributed by atoms with Gasteiger partial charge in [0.15, 0.2) is 0 Å². The quantitative estimate of drug-likeness (QED) is 0.641. The molecule has 0 radical (unpaired) electrons. The molecule has 1 aromatic rings. The Morgan fingerprint density at radius 1 is 1.38 bits per heavy atom. The fourth-order valence-corrected chi connectivity index (χ4v) is 1.66. The molecule has 3 N–H and O–H groups in total. The van der Waals surface area contributed by atoms with E-state index < -0.39 is 0 Å². The number of hydrogen-bond acceptors (Lipinski definition) is 2. The number of rotatable bonds is 1. The summed E-state index contributed by atoms with van der Waals surface area (Å²) in [5, 5.41) is 3.10. The zero-order chi connectivity index (χ0) is 9.26. The van der Waals surface area contributed by atoms with Crippen molar-refractivity contribution in [2.24, 2.45) is 5.73 Å². The smallest absolute Gasteiger partial charge is 0.234 e. The first-order valence-corrected chi connectivity index (χ1v) is 4.37. The van der Waals surface area contributed by atoms with Crippen LogP contribution in [0.2, 0.25) is 0 Å². The van der Waals surface area contributed by atoms with Gasteiger partial charge in [0.05, 0.1) is 6.04 Å². The minimum absolute atomic E-state index is 0.199. The summed E-state index contributed by atoms with van der Waals surface area (Å²) >= 11 is 0. The lowest BCUT2D eigenvalue weighted by Gasteiger charge is -2.23. The molecule has 1 aromatic carbocycles. The summed E-state index contributed by atoms with van der Waals surface area (Å²) in [6.07, 6.45) is 0.714. The Balaban J connectivity index is 2.24. The molecule has 0 bridgehead atoms. The predicted molar refractivity (Wildman–Crippen MR) is 50.0 cm³/mol. The molecule has 68 valence electrons. The molecule has 1 heterocycles. The highest BCUT2D eigenvalue weighted by molar-refractivity contribution is 5.80. The average molecular weight is 176 g/mol. The van der Waals surface area contributed by atoms with Crippen LogP contribution in [0.1, 0.15) is 11.1 Å². The molecule has 2 rings (SSSR count). The Bertz CT molecular complexity index is 335. The molecule has 1 aliphatic heterocycles. The maximum atomic E-state index is 10.9. The Labute approximate surface area is 76.9 Å². The monoisotopic (exact) mass is 176 g/mol. The van der Waals surface area contributed by atoms with E-state index in [9.17, 15) is 4.79 Å². The first-order valence-electron chi connectivity index (χ1n) is 4.37. The highest BCUT2D eigenvalue weighted by atomic mass is 16.1. The summed E-state index contributed by atoms with van der Waals surface area (Å²) in [6.45, 7) is 0.740. The van der Waals surface area contributed by atoms with E-state index in [0.29, 0.717) is 6.42 Å². The van der Waals surface area contributed by atoms with Crippen LogP contribution in [0.25, 0.3) is 0 Å². The van der Waals surface area contributed by atoms with Gasteiger partial charge in [-0.05, 0) is 17.5 Å². The topological polar surface area (TPSA) is 55.1 Å².